The minimum atomic E-state index is 0.123. The average Bonchev–Trinajstić information content (AvgIpc) is 3.09. The summed E-state index contributed by atoms with van der Waals surface area (Å²) in [4.78, 5) is 18.2. The second-order valence-electron chi connectivity index (χ2n) is 6.96. The van der Waals surface area contributed by atoms with E-state index in [2.05, 4.69) is 44.2 Å². The van der Waals surface area contributed by atoms with Gasteiger partial charge in [-0.1, -0.05) is 6.07 Å². The summed E-state index contributed by atoms with van der Waals surface area (Å²) >= 11 is 1.73. The lowest BCUT2D eigenvalue weighted by Crippen LogP contribution is -2.45. The fourth-order valence-electron chi connectivity index (χ4n) is 3.73. The molecule has 0 saturated carbocycles. The smallest absolute Gasteiger partial charge is 0.140 e. The molecule has 27 heavy (non-hydrogen) atoms. The zero-order chi connectivity index (χ0) is 18.6. The molecule has 1 aliphatic heterocycles. The first kappa shape index (κ1) is 18.3. The molecule has 4 rings (SSSR count). The number of thiophene rings is 1. The Hall–Kier alpha value is -2.09. The SMILES string of the molecule is COC[C@H](NC1CCN(c2ncnc3sc(C)cc23)CC1)c1ccccn1. The summed E-state index contributed by atoms with van der Waals surface area (Å²) in [6.07, 6.45) is 5.67. The number of nitrogens with zero attached hydrogens (tertiary/aromatic N) is 4. The van der Waals surface area contributed by atoms with Crippen molar-refractivity contribution in [3.8, 4) is 0 Å². The molecule has 6 nitrogen and oxygen atoms in total. The van der Waals surface area contributed by atoms with E-state index in [9.17, 15) is 0 Å². The number of nitrogens with one attached hydrogen (secondary N) is 1. The highest BCUT2D eigenvalue weighted by Crippen LogP contribution is 2.31. The minimum absolute atomic E-state index is 0.123. The molecule has 1 saturated heterocycles. The highest BCUT2D eigenvalue weighted by molar-refractivity contribution is 7.18. The predicted molar refractivity (Wildman–Crippen MR) is 109 cm³/mol. The fraction of sp³-hybridized carbons (Fsp3) is 0.450. The van der Waals surface area contributed by atoms with Gasteiger partial charge in [0.2, 0.25) is 0 Å². The zero-order valence-electron chi connectivity index (χ0n) is 15.8. The molecule has 1 fully saturated rings. The summed E-state index contributed by atoms with van der Waals surface area (Å²) in [5.41, 5.74) is 1.04. The van der Waals surface area contributed by atoms with E-state index in [0.717, 1.165) is 42.3 Å². The van der Waals surface area contributed by atoms with Crippen LogP contribution >= 0.6 is 11.3 Å². The Morgan fingerprint density at radius 2 is 2.11 bits per heavy atom. The Morgan fingerprint density at radius 3 is 2.85 bits per heavy atom. The van der Waals surface area contributed by atoms with Crippen molar-refractivity contribution in [2.75, 3.05) is 31.7 Å². The van der Waals surface area contributed by atoms with Gasteiger partial charge < -0.3 is 15.0 Å². The largest absolute Gasteiger partial charge is 0.383 e. The van der Waals surface area contributed by atoms with Crippen molar-refractivity contribution >= 4 is 27.4 Å². The minimum Gasteiger partial charge on any atom is -0.383 e. The summed E-state index contributed by atoms with van der Waals surface area (Å²) in [5.74, 6) is 1.07. The van der Waals surface area contributed by atoms with E-state index in [4.69, 9.17) is 4.74 Å². The third-order valence-electron chi connectivity index (χ3n) is 5.04. The van der Waals surface area contributed by atoms with E-state index in [1.165, 1.54) is 10.3 Å². The van der Waals surface area contributed by atoms with E-state index in [0.29, 0.717) is 12.6 Å². The molecule has 0 bridgehead atoms. The molecule has 0 amide bonds. The van der Waals surface area contributed by atoms with Crippen LogP contribution in [-0.4, -0.2) is 47.8 Å². The fourth-order valence-corrected chi connectivity index (χ4v) is 4.57. The summed E-state index contributed by atoms with van der Waals surface area (Å²) in [5, 5.41) is 4.92. The molecule has 0 aliphatic carbocycles. The number of hydrogen-bond acceptors (Lipinski definition) is 7. The highest BCUT2D eigenvalue weighted by Gasteiger charge is 2.25. The van der Waals surface area contributed by atoms with Crippen molar-refractivity contribution in [1.82, 2.24) is 20.3 Å². The van der Waals surface area contributed by atoms with Crippen molar-refractivity contribution in [3.05, 3.63) is 47.4 Å². The number of piperidine rings is 1. The number of methoxy groups -OCH3 is 1. The third kappa shape index (κ3) is 4.10. The van der Waals surface area contributed by atoms with E-state index in [1.807, 2.05) is 18.3 Å². The van der Waals surface area contributed by atoms with Gasteiger partial charge in [-0.05, 0) is 38.0 Å². The Labute approximate surface area is 163 Å². The lowest BCUT2D eigenvalue weighted by molar-refractivity contribution is 0.156. The van der Waals surface area contributed by atoms with Crippen molar-refractivity contribution in [3.63, 3.8) is 0 Å². The van der Waals surface area contributed by atoms with Crippen LogP contribution in [0, 0.1) is 6.92 Å². The van der Waals surface area contributed by atoms with Gasteiger partial charge in [-0.25, -0.2) is 9.97 Å². The van der Waals surface area contributed by atoms with Gasteiger partial charge in [0.1, 0.15) is 17.0 Å². The molecule has 1 aliphatic rings. The standard InChI is InChI=1S/C20H25N5OS/c1-14-11-16-19(22-13-23-20(16)27-14)25-9-6-15(7-10-25)24-18(12-26-2)17-5-3-4-8-21-17/h3-5,8,11,13,15,18,24H,6-7,9-10,12H2,1-2H3/t18-/m0/s1. The first-order chi connectivity index (χ1) is 13.2. The number of aryl methyl sites for hydroxylation is 1. The number of ether oxygens (including phenoxy) is 1. The maximum absolute atomic E-state index is 5.41. The molecule has 3 aromatic heterocycles. The van der Waals surface area contributed by atoms with Crippen molar-refractivity contribution < 1.29 is 4.74 Å². The number of anilines is 1. The van der Waals surface area contributed by atoms with Gasteiger partial charge in [0.25, 0.3) is 0 Å². The summed E-state index contributed by atoms with van der Waals surface area (Å²) in [6.45, 7) is 4.72. The normalized spacial score (nSPS) is 16.7. The molecular weight excluding hydrogens is 358 g/mol. The average molecular weight is 384 g/mol. The Kier molecular flexibility index (Phi) is 5.61. The van der Waals surface area contributed by atoms with Gasteiger partial charge in [-0.3, -0.25) is 4.98 Å². The van der Waals surface area contributed by atoms with E-state index in [1.54, 1.807) is 24.8 Å². The van der Waals surface area contributed by atoms with Crippen LogP contribution in [0.25, 0.3) is 10.2 Å². The number of aromatic nitrogens is 3. The predicted octanol–water partition coefficient (Wildman–Crippen LogP) is 3.34. The highest BCUT2D eigenvalue weighted by atomic mass is 32.1. The van der Waals surface area contributed by atoms with Crippen LogP contribution in [0.15, 0.2) is 36.8 Å². The Balaban J connectivity index is 1.42. The number of fused-ring (bicyclic) bond motifs is 1. The van der Waals surface area contributed by atoms with Gasteiger partial charge in [-0.15, -0.1) is 11.3 Å². The maximum Gasteiger partial charge on any atom is 0.140 e. The Morgan fingerprint density at radius 1 is 1.26 bits per heavy atom. The third-order valence-corrected chi connectivity index (χ3v) is 6.00. The molecule has 142 valence electrons. The van der Waals surface area contributed by atoms with Gasteiger partial charge in [0, 0.05) is 37.3 Å². The topological polar surface area (TPSA) is 63.2 Å². The van der Waals surface area contributed by atoms with Crippen molar-refractivity contribution in [1.29, 1.82) is 0 Å². The number of hydrogen-bond donors (Lipinski definition) is 1. The zero-order valence-corrected chi connectivity index (χ0v) is 16.6. The number of rotatable bonds is 6. The summed E-state index contributed by atoms with van der Waals surface area (Å²) < 4.78 is 5.41. The summed E-state index contributed by atoms with van der Waals surface area (Å²) in [6, 6.07) is 8.80. The number of pyridine rings is 1. The molecule has 1 atom stereocenters. The van der Waals surface area contributed by atoms with Crippen molar-refractivity contribution in [2.24, 2.45) is 0 Å². The maximum atomic E-state index is 5.41. The molecule has 7 heteroatoms. The van der Waals surface area contributed by atoms with Gasteiger partial charge >= 0.3 is 0 Å². The molecule has 0 unspecified atom stereocenters. The van der Waals surface area contributed by atoms with Gasteiger partial charge in [0.05, 0.1) is 23.7 Å². The van der Waals surface area contributed by atoms with E-state index in [-0.39, 0.29) is 6.04 Å². The van der Waals surface area contributed by atoms with Crippen LogP contribution in [-0.2, 0) is 4.74 Å². The van der Waals surface area contributed by atoms with Gasteiger partial charge in [-0.2, -0.15) is 0 Å². The second-order valence-corrected chi connectivity index (χ2v) is 8.20. The van der Waals surface area contributed by atoms with Gasteiger partial charge in [0.15, 0.2) is 0 Å². The van der Waals surface area contributed by atoms with Crippen LogP contribution < -0.4 is 10.2 Å². The van der Waals surface area contributed by atoms with Crippen LogP contribution in [0.1, 0.15) is 29.5 Å². The van der Waals surface area contributed by atoms with Crippen molar-refractivity contribution in [2.45, 2.75) is 31.8 Å². The monoisotopic (exact) mass is 383 g/mol. The quantitative estimate of drug-likeness (QED) is 0.704. The van der Waals surface area contributed by atoms with Crippen LogP contribution in [0.3, 0.4) is 0 Å². The molecule has 1 N–H and O–H groups in total. The molecule has 0 radical (unpaired) electrons. The lowest BCUT2D eigenvalue weighted by Gasteiger charge is -2.35. The molecule has 4 heterocycles. The van der Waals surface area contributed by atoms with Crippen LogP contribution in [0.4, 0.5) is 5.82 Å². The molecule has 0 aromatic carbocycles. The van der Waals surface area contributed by atoms with Crippen LogP contribution in [0.5, 0.6) is 0 Å². The first-order valence-electron chi connectivity index (χ1n) is 9.36. The van der Waals surface area contributed by atoms with E-state index >= 15 is 0 Å². The van der Waals surface area contributed by atoms with E-state index < -0.39 is 0 Å². The first-order valence-corrected chi connectivity index (χ1v) is 10.2. The summed E-state index contributed by atoms with van der Waals surface area (Å²) in [7, 11) is 1.74. The Bertz CT molecular complexity index is 876. The lowest BCUT2D eigenvalue weighted by atomic mass is 10.0. The molecular formula is C20H25N5OS. The molecule has 0 spiro atoms. The molecule has 3 aromatic rings. The van der Waals surface area contributed by atoms with Crippen LogP contribution in [0.2, 0.25) is 0 Å². The second kappa shape index (κ2) is 8.29.